The number of nitrogens with one attached hydrogen (secondary N) is 2. The fraction of sp³-hybridized carbons (Fsp3) is 0.190. The van der Waals surface area contributed by atoms with Crippen LogP contribution >= 0.6 is 11.6 Å². The number of benzene rings is 1. The van der Waals surface area contributed by atoms with Gasteiger partial charge in [-0.05, 0) is 37.6 Å². The van der Waals surface area contributed by atoms with Crippen LogP contribution in [0.2, 0.25) is 5.02 Å². The minimum absolute atomic E-state index is 0.0119. The Labute approximate surface area is 188 Å². The number of aromatic nitrogens is 3. The van der Waals surface area contributed by atoms with Gasteiger partial charge in [-0.3, -0.25) is 19.4 Å². The fourth-order valence-electron chi connectivity index (χ4n) is 3.05. The zero-order chi connectivity index (χ0) is 23.4. The topological polar surface area (TPSA) is 158 Å². The summed E-state index contributed by atoms with van der Waals surface area (Å²) in [5.74, 6) is -1.82. The lowest BCUT2D eigenvalue weighted by Crippen LogP contribution is -2.21. The molecule has 10 nitrogen and oxygen atoms in total. The van der Waals surface area contributed by atoms with E-state index in [0.717, 1.165) is 5.56 Å². The van der Waals surface area contributed by atoms with Gasteiger partial charge in [0.25, 0.3) is 11.8 Å². The largest absolute Gasteiger partial charge is 0.383 e. The van der Waals surface area contributed by atoms with Gasteiger partial charge in [-0.25, -0.2) is 4.68 Å². The third-order valence-corrected chi connectivity index (χ3v) is 4.67. The van der Waals surface area contributed by atoms with Gasteiger partial charge in [0, 0.05) is 11.1 Å². The summed E-state index contributed by atoms with van der Waals surface area (Å²) in [5.41, 5.74) is 12.4. The number of nitrogens with two attached hydrogens (primary N) is 2. The Kier molecular flexibility index (Phi) is 6.74. The Hall–Kier alpha value is -3.92. The predicted octanol–water partition coefficient (Wildman–Crippen LogP) is 2.63. The molecule has 0 bridgehead atoms. The molecular weight excluding hydrogens is 434 g/mol. The molecule has 0 spiro atoms. The Morgan fingerprint density at radius 1 is 1.12 bits per heavy atom. The van der Waals surface area contributed by atoms with Crippen molar-refractivity contribution in [2.45, 2.75) is 26.3 Å². The van der Waals surface area contributed by atoms with Crippen molar-refractivity contribution in [1.29, 1.82) is 0 Å². The van der Waals surface area contributed by atoms with Crippen LogP contribution in [0.1, 0.15) is 46.3 Å². The van der Waals surface area contributed by atoms with E-state index in [1.165, 1.54) is 23.1 Å². The van der Waals surface area contributed by atoms with Gasteiger partial charge in [0.1, 0.15) is 11.4 Å². The lowest BCUT2D eigenvalue weighted by atomic mass is 10.1. The van der Waals surface area contributed by atoms with Gasteiger partial charge >= 0.3 is 0 Å². The summed E-state index contributed by atoms with van der Waals surface area (Å²) in [5, 5.41) is 9.97. The highest BCUT2D eigenvalue weighted by Crippen LogP contribution is 2.22. The molecule has 2 aromatic heterocycles. The number of nitrogen functional groups attached to an aromatic ring is 1. The predicted molar refractivity (Wildman–Crippen MR) is 122 cm³/mol. The summed E-state index contributed by atoms with van der Waals surface area (Å²) in [4.78, 5) is 40.9. The molecule has 2 heterocycles. The van der Waals surface area contributed by atoms with Gasteiger partial charge in [-0.1, -0.05) is 23.7 Å². The van der Waals surface area contributed by atoms with E-state index in [0.29, 0.717) is 10.7 Å². The van der Waals surface area contributed by atoms with Gasteiger partial charge in [0.05, 0.1) is 30.2 Å². The van der Waals surface area contributed by atoms with Crippen LogP contribution in [0.25, 0.3) is 0 Å². The second kappa shape index (κ2) is 9.48. The van der Waals surface area contributed by atoms with Gasteiger partial charge in [0.15, 0.2) is 5.69 Å². The van der Waals surface area contributed by atoms with Crippen molar-refractivity contribution in [3.05, 3.63) is 64.6 Å². The van der Waals surface area contributed by atoms with Crippen molar-refractivity contribution in [2.75, 3.05) is 16.4 Å². The molecule has 0 saturated carbocycles. The van der Waals surface area contributed by atoms with Crippen LogP contribution in [-0.4, -0.2) is 32.5 Å². The fourth-order valence-corrected chi connectivity index (χ4v) is 3.26. The van der Waals surface area contributed by atoms with E-state index in [1.807, 2.05) is 0 Å². The molecular formula is C21H22ClN7O3. The summed E-state index contributed by atoms with van der Waals surface area (Å²) < 4.78 is 1.35. The molecule has 0 fully saturated rings. The van der Waals surface area contributed by atoms with Crippen LogP contribution in [0.3, 0.4) is 0 Å². The molecule has 0 saturated heterocycles. The molecule has 0 atom stereocenters. The zero-order valence-corrected chi connectivity index (χ0v) is 18.2. The number of carbonyl (C=O) groups is 3. The summed E-state index contributed by atoms with van der Waals surface area (Å²) in [6.07, 6.45) is 2.94. The van der Waals surface area contributed by atoms with E-state index in [1.54, 1.807) is 38.1 Å². The first-order valence-electron chi connectivity index (χ1n) is 9.64. The number of hydrogen-bond acceptors (Lipinski definition) is 6. The number of rotatable bonds is 7. The maximum atomic E-state index is 12.8. The third kappa shape index (κ3) is 5.22. The highest BCUT2D eigenvalue weighted by Gasteiger charge is 2.26. The van der Waals surface area contributed by atoms with E-state index < -0.39 is 11.8 Å². The van der Waals surface area contributed by atoms with Crippen LogP contribution < -0.4 is 22.1 Å². The lowest BCUT2D eigenvalue weighted by molar-refractivity contribution is -0.115. The second-order valence-corrected chi connectivity index (χ2v) is 7.72. The van der Waals surface area contributed by atoms with Gasteiger partial charge in [-0.2, -0.15) is 5.10 Å². The number of carbonyl (C=O) groups excluding carboxylic acids is 3. The van der Waals surface area contributed by atoms with Gasteiger partial charge in [-0.15, -0.1) is 0 Å². The number of primary amides is 1. The SMILES string of the molecule is CC(C)n1nc(C(=O)Nc2cncc(NC(=O)Cc3cccc(Cl)c3)c2)c(C(N)=O)c1N. The van der Waals surface area contributed by atoms with Crippen LogP contribution in [0.5, 0.6) is 0 Å². The number of pyridine rings is 1. The van der Waals surface area contributed by atoms with Crippen molar-refractivity contribution in [2.24, 2.45) is 5.73 Å². The quantitative estimate of drug-likeness (QED) is 0.428. The minimum Gasteiger partial charge on any atom is -0.383 e. The van der Waals surface area contributed by atoms with Gasteiger partial charge < -0.3 is 22.1 Å². The monoisotopic (exact) mass is 455 g/mol. The Bertz CT molecular complexity index is 1190. The lowest BCUT2D eigenvalue weighted by Gasteiger charge is -2.08. The molecule has 32 heavy (non-hydrogen) atoms. The summed E-state index contributed by atoms with van der Waals surface area (Å²) in [6.45, 7) is 3.60. The maximum Gasteiger partial charge on any atom is 0.277 e. The number of nitrogens with zero attached hydrogens (tertiary/aromatic N) is 3. The Morgan fingerprint density at radius 2 is 1.81 bits per heavy atom. The molecule has 11 heteroatoms. The number of hydrogen-bond donors (Lipinski definition) is 4. The standard InChI is InChI=1S/C21H22ClN7O3/c1-11(2)29-19(23)17(20(24)31)18(28-29)21(32)27-15-8-14(9-25-10-15)26-16(30)7-12-4-3-5-13(22)6-12/h3-6,8-11H,7,23H2,1-2H3,(H2,24,31)(H,26,30)(H,27,32). The van der Waals surface area contributed by atoms with Crippen molar-refractivity contribution in [3.8, 4) is 0 Å². The molecule has 1 aromatic carbocycles. The molecule has 0 aliphatic carbocycles. The van der Waals surface area contributed by atoms with Crippen molar-refractivity contribution >= 4 is 46.5 Å². The summed E-state index contributed by atoms with van der Waals surface area (Å²) in [7, 11) is 0. The molecule has 166 valence electrons. The van der Waals surface area contributed by atoms with Crippen molar-refractivity contribution in [1.82, 2.24) is 14.8 Å². The number of halogens is 1. The molecule has 0 radical (unpaired) electrons. The van der Waals surface area contributed by atoms with E-state index in [9.17, 15) is 14.4 Å². The van der Waals surface area contributed by atoms with Gasteiger partial charge in [0.2, 0.25) is 5.91 Å². The average molecular weight is 456 g/mol. The van der Waals surface area contributed by atoms with Crippen LogP contribution in [0, 0.1) is 0 Å². The van der Waals surface area contributed by atoms with Crippen molar-refractivity contribution in [3.63, 3.8) is 0 Å². The van der Waals surface area contributed by atoms with E-state index in [-0.39, 0.29) is 41.1 Å². The highest BCUT2D eigenvalue weighted by atomic mass is 35.5. The summed E-state index contributed by atoms with van der Waals surface area (Å²) in [6, 6.07) is 8.31. The average Bonchev–Trinajstić information content (AvgIpc) is 3.06. The third-order valence-electron chi connectivity index (χ3n) is 4.43. The highest BCUT2D eigenvalue weighted by molar-refractivity contribution is 6.30. The first kappa shape index (κ1) is 22.8. The van der Waals surface area contributed by atoms with Crippen LogP contribution in [0.4, 0.5) is 17.2 Å². The van der Waals surface area contributed by atoms with Crippen molar-refractivity contribution < 1.29 is 14.4 Å². The van der Waals surface area contributed by atoms with Crippen LogP contribution in [-0.2, 0) is 11.2 Å². The molecule has 0 aliphatic rings. The minimum atomic E-state index is -0.861. The number of anilines is 3. The van der Waals surface area contributed by atoms with Crippen LogP contribution in [0.15, 0.2) is 42.7 Å². The van der Waals surface area contributed by atoms with E-state index in [2.05, 4.69) is 20.7 Å². The second-order valence-electron chi connectivity index (χ2n) is 7.28. The molecule has 6 N–H and O–H groups in total. The first-order chi connectivity index (χ1) is 15.2. The Morgan fingerprint density at radius 3 is 2.44 bits per heavy atom. The molecule has 3 rings (SSSR count). The zero-order valence-electron chi connectivity index (χ0n) is 17.4. The Balaban J connectivity index is 1.75. The van der Waals surface area contributed by atoms with E-state index in [4.69, 9.17) is 23.1 Å². The first-order valence-corrected chi connectivity index (χ1v) is 10.0. The summed E-state index contributed by atoms with van der Waals surface area (Å²) >= 11 is 5.94. The molecule has 0 aliphatic heterocycles. The molecule has 0 unspecified atom stereocenters. The molecule has 3 aromatic rings. The number of amides is 3. The smallest absolute Gasteiger partial charge is 0.277 e. The maximum absolute atomic E-state index is 12.8. The normalized spacial score (nSPS) is 10.8. The molecule has 3 amide bonds. The van der Waals surface area contributed by atoms with E-state index >= 15 is 0 Å².